The summed E-state index contributed by atoms with van der Waals surface area (Å²) in [5.74, 6) is -3.92. The molecule has 2 amide bonds. The number of nitrogens with two attached hydrogens (primary N) is 1. The van der Waals surface area contributed by atoms with E-state index in [2.05, 4.69) is 34.4 Å². The molecular formula is C28H46N7O19P3S. The zero-order valence-electron chi connectivity index (χ0n) is 31.3. The Hall–Kier alpha value is -2.97. The number of thioether (sulfide) groups is 1. The number of carbonyl (C=O) groups excluding carboxylic acids is 3. The predicted octanol–water partition coefficient (Wildman–Crippen LogP) is -0.588. The number of phosphoric ester groups is 3. The monoisotopic (exact) mass is 909 g/mol. The lowest BCUT2D eigenvalue weighted by Gasteiger charge is -2.30. The van der Waals surface area contributed by atoms with Crippen molar-refractivity contribution in [3.8, 4) is 0 Å². The SMILES string of the molecule is CC(C)CC(C(=O)O)C(=O)SCCNC(=O)CCNC(=O)C(O)C(C)(C)COP(=O)(O)OP(=O)(O)OCC1OC(n2cnc3c(N)ncnc32)C(O)C1OP(=O)(O)O. The van der Waals surface area contributed by atoms with E-state index in [-0.39, 0.29) is 54.6 Å². The van der Waals surface area contributed by atoms with Crippen molar-refractivity contribution in [2.45, 2.75) is 71.2 Å². The van der Waals surface area contributed by atoms with Crippen LogP contribution in [0.25, 0.3) is 11.2 Å². The Balaban J connectivity index is 1.48. The number of hydrogen-bond donors (Lipinski definition) is 10. The minimum absolute atomic E-state index is 0.0135. The number of aliphatic carboxylic acids is 1. The first-order valence-electron chi connectivity index (χ1n) is 17.0. The lowest BCUT2D eigenvalue weighted by Crippen LogP contribution is -2.46. The maximum Gasteiger partial charge on any atom is 0.481 e. The molecule has 58 heavy (non-hydrogen) atoms. The maximum atomic E-state index is 12.7. The first kappa shape index (κ1) is 49.4. The van der Waals surface area contributed by atoms with E-state index in [0.29, 0.717) is 0 Å². The van der Waals surface area contributed by atoms with E-state index in [1.165, 1.54) is 13.8 Å². The number of carboxylic acid groups (broad SMARTS) is 1. The quantitative estimate of drug-likeness (QED) is 0.0378. The third kappa shape index (κ3) is 14.6. The number of carbonyl (C=O) groups is 4. The lowest BCUT2D eigenvalue weighted by molar-refractivity contribution is -0.145. The van der Waals surface area contributed by atoms with Gasteiger partial charge in [-0.15, -0.1) is 0 Å². The summed E-state index contributed by atoms with van der Waals surface area (Å²) in [5, 5.41) is 35.0. The minimum atomic E-state index is -5.59. The molecule has 11 N–H and O–H groups in total. The first-order valence-corrected chi connectivity index (χ1v) is 22.5. The number of ether oxygens (including phenoxy) is 1. The number of aliphatic hydroxyl groups excluding tert-OH is 2. The van der Waals surface area contributed by atoms with Crippen molar-refractivity contribution in [3.63, 3.8) is 0 Å². The average molecular weight is 910 g/mol. The molecule has 0 radical (unpaired) electrons. The molecule has 1 aliphatic rings. The summed E-state index contributed by atoms with van der Waals surface area (Å²) in [7, 11) is -16.5. The first-order chi connectivity index (χ1) is 26.7. The molecule has 0 spiro atoms. The van der Waals surface area contributed by atoms with Crippen LogP contribution in [0.1, 0.15) is 46.8 Å². The van der Waals surface area contributed by atoms with Gasteiger partial charge in [0.15, 0.2) is 17.7 Å². The molecular weight excluding hydrogens is 863 g/mol. The summed E-state index contributed by atoms with van der Waals surface area (Å²) >= 11 is 0.768. The van der Waals surface area contributed by atoms with Crippen LogP contribution in [-0.2, 0) is 55.5 Å². The van der Waals surface area contributed by atoms with Gasteiger partial charge in [0.05, 0.1) is 19.5 Å². The van der Waals surface area contributed by atoms with Crippen LogP contribution in [0.2, 0.25) is 0 Å². The highest BCUT2D eigenvalue weighted by Gasteiger charge is 2.50. The molecule has 8 unspecified atom stereocenters. The van der Waals surface area contributed by atoms with Crippen molar-refractivity contribution in [3.05, 3.63) is 12.7 Å². The van der Waals surface area contributed by atoms with Gasteiger partial charge in [0.25, 0.3) is 0 Å². The van der Waals surface area contributed by atoms with E-state index in [1.807, 2.05) is 0 Å². The van der Waals surface area contributed by atoms with Crippen molar-refractivity contribution in [2.24, 2.45) is 17.3 Å². The molecule has 30 heteroatoms. The highest BCUT2D eigenvalue weighted by molar-refractivity contribution is 8.13. The Labute approximate surface area is 334 Å². The summed E-state index contributed by atoms with van der Waals surface area (Å²) in [6.45, 7) is 3.70. The molecule has 0 bridgehead atoms. The number of nitrogens with one attached hydrogen (secondary N) is 2. The van der Waals surface area contributed by atoms with Crippen LogP contribution in [0, 0.1) is 17.3 Å². The van der Waals surface area contributed by atoms with E-state index in [0.717, 1.165) is 29.0 Å². The van der Waals surface area contributed by atoms with Crippen LogP contribution in [0.5, 0.6) is 0 Å². The minimum Gasteiger partial charge on any atom is -0.481 e. The van der Waals surface area contributed by atoms with E-state index in [4.69, 9.17) is 19.5 Å². The second-order valence-corrected chi connectivity index (χ2v) is 19.1. The Morgan fingerprint density at radius 3 is 2.31 bits per heavy atom. The van der Waals surface area contributed by atoms with Crippen LogP contribution in [-0.4, -0.2) is 134 Å². The highest BCUT2D eigenvalue weighted by Crippen LogP contribution is 2.61. The van der Waals surface area contributed by atoms with Crippen LogP contribution >= 0.6 is 35.2 Å². The molecule has 328 valence electrons. The van der Waals surface area contributed by atoms with Gasteiger partial charge in [-0.05, 0) is 12.3 Å². The molecule has 3 heterocycles. The van der Waals surface area contributed by atoms with Gasteiger partial charge < -0.3 is 56.0 Å². The van der Waals surface area contributed by atoms with Gasteiger partial charge in [0, 0.05) is 30.7 Å². The number of anilines is 1. The van der Waals surface area contributed by atoms with Crippen LogP contribution < -0.4 is 16.4 Å². The van der Waals surface area contributed by atoms with E-state index < -0.39 is 102 Å². The van der Waals surface area contributed by atoms with Crippen molar-refractivity contribution in [1.29, 1.82) is 0 Å². The molecule has 26 nitrogen and oxygen atoms in total. The number of aliphatic hydroxyl groups is 2. The van der Waals surface area contributed by atoms with Crippen LogP contribution in [0.4, 0.5) is 5.82 Å². The molecule has 1 saturated heterocycles. The third-order valence-electron chi connectivity index (χ3n) is 8.04. The van der Waals surface area contributed by atoms with E-state index in [9.17, 15) is 67.8 Å². The number of carboxylic acids is 1. The number of nitrogen functional groups attached to an aromatic ring is 1. The Bertz CT molecular complexity index is 1930. The van der Waals surface area contributed by atoms with Crippen LogP contribution in [0.15, 0.2) is 12.7 Å². The second kappa shape index (κ2) is 20.5. The number of imidazole rings is 1. The number of nitrogens with zero attached hydrogens (tertiary/aromatic N) is 4. The standard InChI is InChI=1S/C28H46N7O19P3S/c1-14(2)9-15(26(40)41)27(42)58-8-7-30-17(36)5-6-31-24(39)21(38)28(3,4)11-51-57(48,49)54-56(46,47)50-10-16-20(53-55(43,44)45)19(37)25(52-16)35-13-34-18-22(29)32-12-33-23(18)35/h12-16,19-21,25,37-38H,5-11H2,1-4H3,(H,30,36)(H,31,39)(H,40,41)(H,46,47)(H,48,49)(H2,29,32,33)(H2,43,44,45). The average Bonchev–Trinajstić information content (AvgIpc) is 3.66. The molecule has 0 saturated carbocycles. The van der Waals surface area contributed by atoms with E-state index in [1.54, 1.807) is 13.8 Å². The normalized spacial score (nSPS) is 21.9. The fourth-order valence-electron chi connectivity index (χ4n) is 5.15. The zero-order valence-corrected chi connectivity index (χ0v) is 34.8. The fourth-order valence-corrected chi connectivity index (χ4v) is 8.78. The van der Waals surface area contributed by atoms with Crippen LogP contribution in [0.3, 0.4) is 0 Å². The predicted molar refractivity (Wildman–Crippen MR) is 198 cm³/mol. The summed E-state index contributed by atoms with van der Waals surface area (Å²) in [6.07, 6.45) is -6.96. The highest BCUT2D eigenvalue weighted by atomic mass is 32.2. The molecule has 1 fully saturated rings. The van der Waals surface area contributed by atoms with Gasteiger partial charge in [0.2, 0.25) is 16.9 Å². The lowest BCUT2D eigenvalue weighted by atomic mass is 9.87. The summed E-state index contributed by atoms with van der Waals surface area (Å²) < 4.78 is 62.0. The Morgan fingerprint density at radius 1 is 1.03 bits per heavy atom. The topological polar surface area (TPSA) is 401 Å². The molecule has 8 atom stereocenters. The van der Waals surface area contributed by atoms with Gasteiger partial charge in [-0.2, -0.15) is 4.31 Å². The molecule has 2 aromatic rings. The Kier molecular flexibility index (Phi) is 17.5. The number of hydrogen-bond acceptors (Lipinski definition) is 19. The van der Waals surface area contributed by atoms with Gasteiger partial charge in [-0.25, -0.2) is 28.6 Å². The number of rotatable bonds is 23. The van der Waals surface area contributed by atoms with Gasteiger partial charge in [0.1, 0.15) is 42.2 Å². The smallest absolute Gasteiger partial charge is 0.481 e. The Morgan fingerprint density at radius 2 is 1.69 bits per heavy atom. The number of aromatic nitrogens is 4. The van der Waals surface area contributed by atoms with Crippen molar-refractivity contribution in [1.82, 2.24) is 30.2 Å². The van der Waals surface area contributed by atoms with Crippen molar-refractivity contribution >= 4 is 75.1 Å². The van der Waals surface area contributed by atoms with Crippen molar-refractivity contribution < 1.29 is 90.4 Å². The summed E-state index contributed by atoms with van der Waals surface area (Å²) in [6, 6.07) is 0. The third-order valence-corrected chi connectivity index (χ3v) is 12.1. The molecule has 0 aromatic carbocycles. The molecule has 1 aliphatic heterocycles. The molecule has 2 aromatic heterocycles. The molecule has 0 aliphatic carbocycles. The second-order valence-electron chi connectivity index (χ2n) is 13.8. The zero-order chi connectivity index (χ0) is 43.8. The van der Waals surface area contributed by atoms with Gasteiger partial charge in [-0.1, -0.05) is 39.5 Å². The fraction of sp³-hybridized carbons (Fsp3) is 0.679. The number of phosphoric acid groups is 3. The van der Waals surface area contributed by atoms with Gasteiger partial charge >= 0.3 is 29.4 Å². The summed E-state index contributed by atoms with van der Waals surface area (Å²) in [5.41, 5.74) is 4.19. The van der Waals surface area contributed by atoms with Crippen molar-refractivity contribution in [2.75, 3.05) is 37.8 Å². The van der Waals surface area contributed by atoms with E-state index >= 15 is 0 Å². The largest absolute Gasteiger partial charge is 0.481 e. The van der Waals surface area contributed by atoms with Gasteiger partial charge in [-0.3, -0.25) is 37.3 Å². The number of amides is 2. The number of fused-ring (bicyclic) bond motifs is 1. The summed E-state index contributed by atoms with van der Waals surface area (Å²) in [4.78, 5) is 99.2. The maximum absolute atomic E-state index is 12.7. The molecule has 3 rings (SSSR count).